The van der Waals surface area contributed by atoms with Gasteiger partial charge < -0.3 is 9.30 Å². The minimum absolute atomic E-state index is 0.780. The molecule has 0 N–H and O–H groups in total. The van der Waals surface area contributed by atoms with Crippen LogP contribution in [0.15, 0.2) is 53.5 Å². The van der Waals surface area contributed by atoms with E-state index >= 15 is 0 Å². The Bertz CT molecular complexity index is 915. The number of benzene rings is 2. The largest absolute Gasteiger partial charge is 0.494 e. The van der Waals surface area contributed by atoms with Crippen molar-refractivity contribution in [1.82, 2.24) is 4.57 Å². The van der Waals surface area contributed by atoms with Crippen LogP contribution in [-0.2, 0) is 0 Å². The molecule has 1 aromatic heterocycles. The number of aryl methyl sites for hydroxylation is 3. The van der Waals surface area contributed by atoms with E-state index in [0.29, 0.717) is 0 Å². The Morgan fingerprint density at radius 1 is 0.920 bits per heavy atom. The summed E-state index contributed by atoms with van der Waals surface area (Å²) in [5.74, 6) is 0.780. The third-order valence-corrected chi connectivity index (χ3v) is 4.36. The SMILES string of the molecule is COc1ccccc1N=Cc1cc(C)n(-c2cc(C)cc(C)c2)c1C. The molecule has 0 radical (unpaired) electrons. The van der Waals surface area contributed by atoms with E-state index in [0.717, 1.165) is 17.0 Å². The molecule has 0 atom stereocenters. The highest BCUT2D eigenvalue weighted by atomic mass is 16.5. The van der Waals surface area contributed by atoms with Crippen LogP contribution < -0.4 is 4.74 Å². The van der Waals surface area contributed by atoms with Gasteiger partial charge in [-0.1, -0.05) is 18.2 Å². The Labute approximate surface area is 149 Å². The molecule has 3 rings (SSSR count). The molecule has 3 nitrogen and oxygen atoms in total. The van der Waals surface area contributed by atoms with E-state index in [1.807, 2.05) is 30.5 Å². The maximum absolute atomic E-state index is 5.37. The zero-order valence-corrected chi connectivity index (χ0v) is 15.5. The van der Waals surface area contributed by atoms with E-state index < -0.39 is 0 Å². The zero-order valence-electron chi connectivity index (χ0n) is 15.5. The second-order valence-electron chi connectivity index (χ2n) is 6.44. The first-order chi connectivity index (χ1) is 12.0. The van der Waals surface area contributed by atoms with Gasteiger partial charge in [-0.25, -0.2) is 0 Å². The van der Waals surface area contributed by atoms with Crippen molar-refractivity contribution in [3.05, 3.63) is 76.6 Å². The first-order valence-electron chi connectivity index (χ1n) is 8.44. The van der Waals surface area contributed by atoms with Crippen LogP contribution in [0.1, 0.15) is 28.1 Å². The topological polar surface area (TPSA) is 26.5 Å². The summed E-state index contributed by atoms with van der Waals surface area (Å²) in [6, 6.07) is 16.6. The molecule has 0 unspecified atom stereocenters. The van der Waals surface area contributed by atoms with Crippen LogP contribution in [0.2, 0.25) is 0 Å². The number of para-hydroxylation sites is 2. The van der Waals surface area contributed by atoms with Crippen LogP contribution in [0.5, 0.6) is 5.75 Å². The maximum Gasteiger partial charge on any atom is 0.144 e. The Morgan fingerprint density at radius 3 is 2.28 bits per heavy atom. The molecule has 128 valence electrons. The quantitative estimate of drug-likeness (QED) is 0.582. The van der Waals surface area contributed by atoms with Gasteiger partial charge in [-0.05, 0) is 69.2 Å². The number of ether oxygens (including phenoxy) is 1. The first kappa shape index (κ1) is 17.0. The lowest BCUT2D eigenvalue weighted by atomic mass is 10.1. The molecular formula is C22H24N2O. The predicted molar refractivity (Wildman–Crippen MR) is 105 cm³/mol. The second kappa shape index (κ2) is 6.98. The van der Waals surface area contributed by atoms with Gasteiger partial charge in [0.05, 0.1) is 7.11 Å². The van der Waals surface area contributed by atoms with Crippen molar-refractivity contribution in [3.63, 3.8) is 0 Å². The fourth-order valence-electron chi connectivity index (χ4n) is 3.27. The lowest BCUT2D eigenvalue weighted by Gasteiger charge is -2.11. The number of aromatic nitrogens is 1. The molecule has 0 fully saturated rings. The van der Waals surface area contributed by atoms with Crippen LogP contribution in [0.3, 0.4) is 0 Å². The minimum atomic E-state index is 0.780. The molecule has 0 aliphatic heterocycles. The van der Waals surface area contributed by atoms with E-state index in [4.69, 9.17) is 4.74 Å². The van der Waals surface area contributed by atoms with E-state index in [1.165, 1.54) is 28.2 Å². The average molecular weight is 332 g/mol. The summed E-state index contributed by atoms with van der Waals surface area (Å²) in [6.07, 6.45) is 1.92. The molecule has 0 aliphatic rings. The summed E-state index contributed by atoms with van der Waals surface area (Å²) in [7, 11) is 1.67. The van der Waals surface area contributed by atoms with Crippen LogP contribution in [0, 0.1) is 27.7 Å². The third kappa shape index (κ3) is 3.50. The van der Waals surface area contributed by atoms with Gasteiger partial charge in [-0.15, -0.1) is 0 Å². The molecule has 3 aromatic rings. The summed E-state index contributed by atoms with van der Waals surface area (Å²) < 4.78 is 7.65. The van der Waals surface area contributed by atoms with E-state index in [-0.39, 0.29) is 0 Å². The van der Waals surface area contributed by atoms with Crippen LogP contribution in [-0.4, -0.2) is 17.9 Å². The standard InChI is InChI=1S/C22H24N2O/c1-15-10-16(2)12-20(11-15)24-17(3)13-19(18(24)4)14-23-21-8-6-7-9-22(21)25-5/h6-14H,1-5H3. The van der Waals surface area contributed by atoms with Crippen LogP contribution >= 0.6 is 0 Å². The monoisotopic (exact) mass is 332 g/mol. The van der Waals surface area contributed by atoms with E-state index in [1.54, 1.807) is 7.11 Å². The molecule has 0 saturated heterocycles. The molecule has 0 amide bonds. The summed E-state index contributed by atoms with van der Waals surface area (Å²) in [5.41, 5.74) is 8.07. The normalized spacial score (nSPS) is 11.2. The van der Waals surface area contributed by atoms with Gasteiger partial charge in [0.2, 0.25) is 0 Å². The number of rotatable bonds is 4. The predicted octanol–water partition coefficient (Wildman–Crippen LogP) is 5.47. The highest BCUT2D eigenvalue weighted by Gasteiger charge is 2.10. The van der Waals surface area contributed by atoms with Crippen LogP contribution in [0.25, 0.3) is 5.69 Å². The highest BCUT2D eigenvalue weighted by molar-refractivity contribution is 5.85. The van der Waals surface area contributed by atoms with Gasteiger partial charge in [0.25, 0.3) is 0 Å². The van der Waals surface area contributed by atoms with Crippen molar-refractivity contribution >= 4 is 11.9 Å². The number of methoxy groups -OCH3 is 1. The maximum atomic E-state index is 5.37. The van der Waals surface area contributed by atoms with Gasteiger partial charge in [-0.3, -0.25) is 4.99 Å². The average Bonchev–Trinajstić information content (AvgIpc) is 2.86. The Morgan fingerprint density at radius 2 is 1.60 bits per heavy atom. The van der Waals surface area contributed by atoms with Crippen LogP contribution in [0.4, 0.5) is 5.69 Å². The summed E-state index contributed by atoms with van der Waals surface area (Å²) >= 11 is 0. The third-order valence-electron chi connectivity index (χ3n) is 4.36. The number of nitrogens with zero attached hydrogens (tertiary/aromatic N) is 2. The van der Waals surface area contributed by atoms with Gasteiger partial charge in [0.1, 0.15) is 11.4 Å². The van der Waals surface area contributed by atoms with E-state index in [2.05, 4.69) is 61.5 Å². The molecular weight excluding hydrogens is 308 g/mol. The zero-order chi connectivity index (χ0) is 18.0. The van der Waals surface area contributed by atoms with Crippen molar-refractivity contribution in [2.24, 2.45) is 4.99 Å². The van der Waals surface area contributed by atoms with Crippen molar-refractivity contribution < 1.29 is 4.74 Å². The Hall–Kier alpha value is -2.81. The fourth-order valence-corrected chi connectivity index (χ4v) is 3.27. The first-order valence-corrected chi connectivity index (χ1v) is 8.44. The Balaban J connectivity index is 2.01. The summed E-state index contributed by atoms with van der Waals surface area (Å²) in [5, 5.41) is 0. The number of hydrogen-bond acceptors (Lipinski definition) is 2. The summed E-state index contributed by atoms with van der Waals surface area (Å²) in [6.45, 7) is 8.53. The molecule has 0 spiro atoms. The lowest BCUT2D eigenvalue weighted by molar-refractivity contribution is 0.416. The van der Waals surface area contributed by atoms with Gasteiger partial charge in [-0.2, -0.15) is 0 Å². The smallest absolute Gasteiger partial charge is 0.144 e. The fraction of sp³-hybridized carbons (Fsp3) is 0.227. The molecule has 1 heterocycles. The van der Waals surface area contributed by atoms with Gasteiger partial charge in [0.15, 0.2) is 0 Å². The van der Waals surface area contributed by atoms with Crippen molar-refractivity contribution in [1.29, 1.82) is 0 Å². The highest BCUT2D eigenvalue weighted by Crippen LogP contribution is 2.27. The van der Waals surface area contributed by atoms with Gasteiger partial charge >= 0.3 is 0 Å². The van der Waals surface area contributed by atoms with E-state index in [9.17, 15) is 0 Å². The molecule has 2 aromatic carbocycles. The Kier molecular flexibility index (Phi) is 4.75. The summed E-state index contributed by atoms with van der Waals surface area (Å²) in [4.78, 5) is 4.63. The molecule has 0 aliphatic carbocycles. The molecule has 0 saturated carbocycles. The lowest BCUT2D eigenvalue weighted by Crippen LogP contribution is -2.00. The van der Waals surface area contributed by atoms with Crippen molar-refractivity contribution in [3.8, 4) is 11.4 Å². The molecule has 3 heteroatoms. The van der Waals surface area contributed by atoms with Gasteiger partial charge in [0, 0.05) is 28.9 Å². The number of aliphatic imine (C=N–C) groups is 1. The number of hydrogen-bond donors (Lipinski definition) is 0. The van der Waals surface area contributed by atoms with Crippen molar-refractivity contribution in [2.45, 2.75) is 27.7 Å². The molecule has 0 bridgehead atoms. The molecule has 25 heavy (non-hydrogen) atoms. The minimum Gasteiger partial charge on any atom is -0.494 e. The second-order valence-corrected chi connectivity index (χ2v) is 6.44. The van der Waals surface area contributed by atoms with Crippen molar-refractivity contribution in [2.75, 3.05) is 7.11 Å².